The van der Waals surface area contributed by atoms with E-state index in [0.29, 0.717) is 23.4 Å². The summed E-state index contributed by atoms with van der Waals surface area (Å²) >= 11 is 4.51. The van der Waals surface area contributed by atoms with E-state index in [2.05, 4.69) is 31.9 Å². The zero-order valence-electron chi connectivity index (χ0n) is 14.3. The van der Waals surface area contributed by atoms with Crippen LogP contribution in [-0.4, -0.2) is 21.6 Å². The highest BCUT2D eigenvalue weighted by Crippen LogP contribution is 2.28. The maximum Gasteiger partial charge on any atom is 0.290 e. The van der Waals surface area contributed by atoms with Crippen molar-refractivity contribution in [3.8, 4) is 5.69 Å². The number of thiophene rings is 1. The van der Waals surface area contributed by atoms with Gasteiger partial charge in [0.25, 0.3) is 11.8 Å². The normalized spacial score (nSPS) is 12.7. The second kappa shape index (κ2) is 7.44. The molecule has 1 aliphatic rings. The predicted molar refractivity (Wildman–Crippen MR) is 102 cm³/mol. The van der Waals surface area contributed by atoms with Crippen LogP contribution in [0.4, 0.5) is 8.78 Å². The van der Waals surface area contributed by atoms with E-state index in [1.807, 2.05) is 0 Å². The van der Waals surface area contributed by atoms with E-state index in [1.165, 1.54) is 22.1 Å². The Hall–Kier alpha value is -2.59. The van der Waals surface area contributed by atoms with Crippen LogP contribution >= 0.6 is 27.3 Å². The Labute approximate surface area is 170 Å². The van der Waals surface area contributed by atoms with Crippen LogP contribution in [0.2, 0.25) is 0 Å². The predicted octanol–water partition coefficient (Wildman–Crippen LogP) is 3.54. The molecule has 4 rings (SSSR count). The van der Waals surface area contributed by atoms with E-state index in [4.69, 9.17) is 0 Å². The van der Waals surface area contributed by atoms with Crippen LogP contribution in [0.3, 0.4) is 0 Å². The van der Waals surface area contributed by atoms with Crippen LogP contribution in [0.25, 0.3) is 5.69 Å². The zero-order chi connectivity index (χ0) is 19.8. The third kappa shape index (κ3) is 3.45. The molecule has 0 spiro atoms. The van der Waals surface area contributed by atoms with Crippen molar-refractivity contribution in [2.45, 2.75) is 19.3 Å². The molecule has 0 atom stereocenters. The summed E-state index contributed by atoms with van der Waals surface area (Å²) < 4.78 is 29.1. The van der Waals surface area contributed by atoms with Crippen molar-refractivity contribution in [1.82, 2.24) is 20.6 Å². The van der Waals surface area contributed by atoms with Gasteiger partial charge in [0.15, 0.2) is 17.3 Å². The number of carbonyl (C=O) groups is 2. The number of hydrogen-bond donors (Lipinski definition) is 2. The Morgan fingerprint density at radius 1 is 1.07 bits per heavy atom. The Bertz CT molecular complexity index is 1100. The standard InChI is InChI=1S/C18H13BrF2N4O2S/c19-15-7-6-14(28-15)17(26)22-23-18(27)16-10-2-1-3-13(10)25(24-16)9-4-5-11(20)12(21)8-9/h4-8H,1-3H2,(H,22,26)(H,23,27). The molecule has 0 fully saturated rings. The largest absolute Gasteiger partial charge is 0.290 e. The highest BCUT2D eigenvalue weighted by atomic mass is 79.9. The first kappa shape index (κ1) is 18.8. The van der Waals surface area contributed by atoms with E-state index in [-0.39, 0.29) is 5.69 Å². The van der Waals surface area contributed by atoms with Gasteiger partial charge in [-0.1, -0.05) is 0 Å². The molecule has 0 unspecified atom stereocenters. The number of benzene rings is 1. The number of rotatable bonds is 3. The van der Waals surface area contributed by atoms with E-state index in [9.17, 15) is 18.4 Å². The summed E-state index contributed by atoms with van der Waals surface area (Å²) in [5.74, 6) is -2.95. The summed E-state index contributed by atoms with van der Waals surface area (Å²) in [5, 5.41) is 4.29. The summed E-state index contributed by atoms with van der Waals surface area (Å²) in [6, 6.07) is 6.83. The van der Waals surface area contributed by atoms with Crippen molar-refractivity contribution >= 4 is 39.1 Å². The van der Waals surface area contributed by atoms with Crippen molar-refractivity contribution in [2.75, 3.05) is 0 Å². The van der Waals surface area contributed by atoms with Gasteiger partial charge in [0.2, 0.25) is 0 Å². The molecule has 144 valence electrons. The Kier molecular flexibility index (Phi) is 4.98. The summed E-state index contributed by atoms with van der Waals surface area (Å²) in [6.07, 6.45) is 2.14. The number of halogens is 3. The summed E-state index contributed by atoms with van der Waals surface area (Å²) in [5.41, 5.74) is 6.75. The molecule has 1 aliphatic carbocycles. The molecule has 0 radical (unpaired) electrons. The lowest BCUT2D eigenvalue weighted by Crippen LogP contribution is -2.41. The van der Waals surface area contributed by atoms with E-state index in [0.717, 1.165) is 33.6 Å². The second-order valence-electron chi connectivity index (χ2n) is 6.15. The second-order valence-corrected chi connectivity index (χ2v) is 8.61. The molecule has 2 amide bonds. The molecule has 1 aromatic carbocycles. The van der Waals surface area contributed by atoms with Gasteiger partial charge < -0.3 is 0 Å². The molecule has 2 N–H and O–H groups in total. The molecule has 0 aliphatic heterocycles. The van der Waals surface area contributed by atoms with Gasteiger partial charge in [-0.25, -0.2) is 13.5 Å². The average molecular weight is 467 g/mol. The first-order chi connectivity index (χ1) is 13.4. The number of aromatic nitrogens is 2. The van der Waals surface area contributed by atoms with Crippen LogP contribution < -0.4 is 10.9 Å². The number of amides is 2. The van der Waals surface area contributed by atoms with Crippen molar-refractivity contribution < 1.29 is 18.4 Å². The number of nitrogens with one attached hydrogen (secondary N) is 2. The molecular weight excluding hydrogens is 454 g/mol. The van der Waals surface area contributed by atoms with Gasteiger partial charge in [-0.15, -0.1) is 11.3 Å². The number of hydrogen-bond acceptors (Lipinski definition) is 4. The minimum absolute atomic E-state index is 0.157. The molecule has 6 nitrogen and oxygen atoms in total. The quantitative estimate of drug-likeness (QED) is 0.579. The van der Waals surface area contributed by atoms with Gasteiger partial charge in [0.1, 0.15) is 0 Å². The third-order valence-electron chi connectivity index (χ3n) is 4.38. The van der Waals surface area contributed by atoms with Gasteiger partial charge in [-0.3, -0.25) is 20.4 Å². The number of carbonyl (C=O) groups excluding carboxylic acids is 2. The lowest BCUT2D eigenvalue weighted by molar-refractivity contribution is 0.0845. The summed E-state index contributed by atoms with van der Waals surface area (Å²) in [6.45, 7) is 0. The first-order valence-electron chi connectivity index (χ1n) is 8.36. The fraction of sp³-hybridized carbons (Fsp3) is 0.167. The monoisotopic (exact) mass is 466 g/mol. The van der Waals surface area contributed by atoms with Crippen molar-refractivity contribution in [2.24, 2.45) is 0 Å². The number of fused-ring (bicyclic) bond motifs is 1. The van der Waals surface area contributed by atoms with Crippen LogP contribution in [-0.2, 0) is 12.8 Å². The maximum atomic E-state index is 13.6. The van der Waals surface area contributed by atoms with Crippen molar-refractivity contribution in [3.05, 3.63) is 67.6 Å². The van der Waals surface area contributed by atoms with Gasteiger partial charge >= 0.3 is 0 Å². The molecule has 2 heterocycles. The fourth-order valence-corrected chi connectivity index (χ4v) is 4.40. The van der Waals surface area contributed by atoms with Gasteiger partial charge in [-0.05, 0) is 59.5 Å². The SMILES string of the molecule is O=C(NNC(=O)c1nn(-c2ccc(F)c(F)c2)c2c1CCC2)c1ccc(Br)s1. The molecule has 10 heteroatoms. The fourth-order valence-electron chi connectivity index (χ4n) is 3.12. The molecule has 0 saturated heterocycles. The topological polar surface area (TPSA) is 76.0 Å². The van der Waals surface area contributed by atoms with Crippen molar-refractivity contribution in [1.29, 1.82) is 0 Å². The van der Waals surface area contributed by atoms with E-state index < -0.39 is 23.4 Å². The Morgan fingerprint density at radius 3 is 2.57 bits per heavy atom. The summed E-state index contributed by atoms with van der Waals surface area (Å²) in [4.78, 5) is 25.1. The molecule has 0 saturated carbocycles. The smallest absolute Gasteiger partial charge is 0.266 e. The van der Waals surface area contributed by atoms with Gasteiger partial charge in [0.05, 0.1) is 14.4 Å². The highest BCUT2D eigenvalue weighted by Gasteiger charge is 2.27. The minimum Gasteiger partial charge on any atom is -0.266 e. The van der Waals surface area contributed by atoms with Crippen LogP contribution in [0.1, 0.15) is 37.8 Å². The average Bonchev–Trinajstić information content (AvgIpc) is 3.38. The number of nitrogens with zero attached hydrogens (tertiary/aromatic N) is 2. The molecular formula is C18H13BrF2N4O2S. The Morgan fingerprint density at radius 2 is 1.86 bits per heavy atom. The first-order valence-corrected chi connectivity index (χ1v) is 9.97. The number of hydrazine groups is 1. The molecule has 28 heavy (non-hydrogen) atoms. The molecule has 3 aromatic rings. The van der Waals surface area contributed by atoms with Crippen LogP contribution in [0.15, 0.2) is 34.1 Å². The lowest BCUT2D eigenvalue weighted by Gasteiger charge is -2.06. The van der Waals surface area contributed by atoms with Crippen LogP contribution in [0, 0.1) is 11.6 Å². The van der Waals surface area contributed by atoms with Gasteiger partial charge in [-0.2, -0.15) is 5.10 Å². The molecule has 0 bridgehead atoms. The van der Waals surface area contributed by atoms with E-state index in [1.54, 1.807) is 12.1 Å². The van der Waals surface area contributed by atoms with Gasteiger partial charge in [0, 0.05) is 17.3 Å². The Balaban J connectivity index is 1.57. The van der Waals surface area contributed by atoms with E-state index >= 15 is 0 Å². The van der Waals surface area contributed by atoms with Crippen molar-refractivity contribution in [3.63, 3.8) is 0 Å². The van der Waals surface area contributed by atoms with Crippen LogP contribution in [0.5, 0.6) is 0 Å². The minimum atomic E-state index is -0.986. The molecule has 2 aromatic heterocycles. The lowest BCUT2D eigenvalue weighted by atomic mass is 10.2. The third-order valence-corrected chi connectivity index (χ3v) is 6.00. The maximum absolute atomic E-state index is 13.6. The zero-order valence-corrected chi connectivity index (χ0v) is 16.7. The highest BCUT2D eigenvalue weighted by molar-refractivity contribution is 9.11. The summed E-state index contributed by atoms with van der Waals surface area (Å²) in [7, 11) is 0.